The summed E-state index contributed by atoms with van der Waals surface area (Å²) in [5, 5.41) is 14.2. The van der Waals surface area contributed by atoms with Gasteiger partial charge < -0.3 is 20.5 Å². The van der Waals surface area contributed by atoms with E-state index < -0.39 is 17.9 Å². The molecule has 0 aliphatic rings. The summed E-state index contributed by atoms with van der Waals surface area (Å²) in [4.78, 5) is 25.2. The molecule has 0 saturated carbocycles. The van der Waals surface area contributed by atoms with Crippen molar-refractivity contribution in [2.24, 2.45) is 0 Å². The Bertz CT molecular complexity index is 765. The molecule has 0 radical (unpaired) electrons. The lowest BCUT2D eigenvalue weighted by Crippen LogP contribution is -2.38. The van der Waals surface area contributed by atoms with Gasteiger partial charge in [0.25, 0.3) is 0 Å². The number of aliphatic hydroxyl groups excluding tert-OH is 1. The number of ether oxygens (including phenoxy) is 1. The second kappa shape index (κ2) is 10.7. The molecule has 0 spiro atoms. The summed E-state index contributed by atoms with van der Waals surface area (Å²) in [6.07, 6.45) is 1.49. The first kappa shape index (κ1) is 21.0. The van der Waals surface area contributed by atoms with Gasteiger partial charge in [-0.05, 0) is 36.9 Å². The Morgan fingerprint density at radius 1 is 1.15 bits per heavy atom. The molecule has 0 fully saturated rings. The number of aliphatic hydroxyl groups is 1. The first-order valence-electron chi connectivity index (χ1n) is 8.55. The van der Waals surface area contributed by atoms with Crippen LogP contribution in [0.15, 0.2) is 53.4 Å². The van der Waals surface area contributed by atoms with Gasteiger partial charge in [0, 0.05) is 17.1 Å². The number of anilines is 1. The first-order chi connectivity index (χ1) is 13.0. The van der Waals surface area contributed by atoms with Crippen LogP contribution in [0, 0.1) is 6.92 Å². The van der Waals surface area contributed by atoms with Crippen LogP contribution in [-0.4, -0.2) is 42.9 Å². The minimum Gasteiger partial charge on any atom is -0.394 e. The molecule has 0 saturated heterocycles. The summed E-state index contributed by atoms with van der Waals surface area (Å²) in [5.41, 5.74) is 2.53. The Hall–Kier alpha value is -2.35. The summed E-state index contributed by atoms with van der Waals surface area (Å²) in [6.45, 7) is 2.12. The number of benzene rings is 2. The fourth-order valence-corrected chi connectivity index (χ4v) is 2.86. The molecule has 27 heavy (non-hydrogen) atoms. The van der Waals surface area contributed by atoms with Gasteiger partial charge in [0.05, 0.1) is 19.3 Å². The van der Waals surface area contributed by atoms with Crippen molar-refractivity contribution in [2.45, 2.75) is 17.9 Å². The molecule has 0 heterocycles. The second-order valence-electron chi connectivity index (χ2n) is 5.89. The van der Waals surface area contributed by atoms with Crippen LogP contribution in [0.25, 0.3) is 0 Å². The van der Waals surface area contributed by atoms with E-state index in [2.05, 4.69) is 10.6 Å². The number of aryl methyl sites for hydroxylation is 1. The molecule has 7 heteroatoms. The maximum atomic E-state index is 12.1. The van der Waals surface area contributed by atoms with Gasteiger partial charge in [0.2, 0.25) is 0 Å². The lowest BCUT2D eigenvalue weighted by Gasteiger charge is -2.18. The summed E-state index contributed by atoms with van der Waals surface area (Å²) < 4.78 is 5.60. The summed E-state index contributed by atoms with van der Waals surface area (Å²) in [5.74, 6) is -1.48. The smallest absolute Gasteiger partial charge is 0.313 e. The standard InChI is InChI=1S/C20H24N2O4S/c1-14-6-8-15(9-7-14)18(26-11-10-23)13-21-19(24)20(25)22-16-4-3-5-17(12-16)27-2/h3-9,12,18,23H,10-11,13H2,1-2H3,(H,21,24)(H,22,25)/t18-/m1/s1. The molecular formula is C20H24N2O4S. The largest absolute Gasteiger partial charge is 0.394 e. The van der Waals surface area contributed by atoms with Crippen LogP contribution < -0.4 is 10.6 Å². The second-order valence-corrected chi connectivity index (χ2v) is 6.77. The normalized spacial score (nSPS) is 11.7. The molecule has 144 valence electrons. The van der Waals surface area contributed by atoms with Gasteiger partial charge in [-0.1, -0.05) is 35.9 Å². The van der Waals surface area contributed by atoms with Crippen molar-refractivity contribution in [1.82, 2.24) is 5.32 Å². The Kier molecular flexibility index (Phi) is 8.32. The van der Waals surface area contributed by atoms with Crippen LogP contribution in [0.4, 0.5) is 5.69 Å². The maximum Gasteiger partial charge on any atom is 0.313 e. The molecule has 0 aromatic heterocycles. The van der Waals surface area contributed by atoms with Gasteiger partial charge in [-0.2, -0.15) is 0 Å². The third-order valence-electron chi connectivity index (χ3n) is 3.84. The van der Waals surface area contributed by atoms with Crippen molar-refractivity contribution in [1.29, 1.82) is 0 Å². The number of nitrogens with one attached hydrogen (secondary N) is 2. The zero-order valence-corrected chi connectivity index (χ0v) is 16.2. The van der Waals surface area contributed by atoms with Gasteiger partial charge in [-0.3, -0.25) is 9.59 Å². The highest BCUT2D eigenvalue weighted by Gasteiger charge is 2.18. The number of hydrogen-bond donors (Lipinski definition) is 3. The molecular weight excluding hydrogens is 364 g/mol. The van der Waals surface area contributed by atoms with E-state index in [1.165, 1.54) is 0 Å². The third kappa shape index (κ3) is 6.71. The van der Waals surface area contributed by atoms with Gasteiger partial charge >= 0.3 is 11.8 Å². The van der Waals surface area contributed by atoms with Crippen LogP contribution in [0.2, 0.25) is 0 Å². The third-order valence-corrected chi connectivity index (χ3v) is 4.57. The van der Waals surface area contributed by atoms with E-state index in [9.17, 15) is 9.59 Å². The lowest BCUT2D eigenvalue weighted by molar-refractivity contribution is -0.136. The predicted octanol–water partition coefficient (Wildman–Crippen LogP) is 2.52. The van der Waals surface area contributed by atoms with Crippen LogP contribution in [0.1, 0.15) is 17.2 Å². The van der Waals surface area contributed by atoms with Crippen molar-refractivity contribution in [3.63, 3.8) is 0 Å². The fraction of sp³-hybridized carbons (Fsp3) is 0.300. The van der Waals surface area contributed by atoms with E-state index in [0.717, 1.165) is 16.0 Å². The average Bonchev–Trinajstić information content (AvgIpc) is 2.68. The van der Waals surface area contributed by atoms with Crippen LogP contribution in [0.3, 0.4) is 0 Å². The number of carbonyl (C=O) groups is 2. The number of hydrogen-bond acceptors (Lipinski definition) is 5. The van der Waals surface area contributed by atoms with Gasteiger partial charge in [0.15, 0.2) is 0 Å². The molecule has 0 bridgehead atoms. The monoisotopic (exact) mass is 388 g/mol. The number of carbonyl (C=O) groups excluding carboxylic acids is 2. The van der Waals surface area contributed by atoms with E-state index in [1.807, 2.05) is 49.6 Å². The Morgan fingerprint density at radius 2 is 1.89 bits per heavy atom. The summed E-state index contributed by atoms with van der Waals surface area (Å²) in [7, 11) is 0. The van der Waals surface area contributed by atoms with E-state index >= 15 is 0 Å². The number of thioether (sulfide) groups is 1. The molecule has 2 aromatic rings. The predicted molar refractivity (Wildman–Crippen MR) is 107 cm³/mol. The molecule has 6 nitrogen and oxygen atoms in total. The minimum atomic E-state index is -0.741. The highest BCUT2D eigenvalue weighted by atomic mass is 32.2. The van der Waals surface area contributed by atoms with Crippen molar-refractivity contribution in [2.75, 3.05) is 31.3 Å². The van der Waals surface area contributed by atoms with Gasteiger partial charge in [-0.15, -0.1) is 11.8 Å². The molecule has 0 aliphatic carbocycles. The zero-order valence-electron chi connectivity index (χ0n) is 15.4. The number of rotatable bonds is 8. The Labute approximate surface area is 163 Å². The highest BCUT2D eigenvalue weighted by Crippen LogP contribution is 2.19. The van der Waals surface area contributed by atoms with Crippen molar-refractivity contribution >= 4 is 29.3 Å². The van der Waals surface area contributed by atoms with Crippen LogP contribution in [0.5, 0.6) is 0 Å². The van der Waals surface area contributed by atoms with E-state index in [1.54, 1.807) is 23.9 Å². The molecule has 2 amide bonds. The molecule has 2 aromatic carbocycles. The topological polar surface area (TPSA) is 87.7 Å². The molecule has 2 rings (SSSR count). The quantitative estimate of drug-likeness (QED) is 0.478. The number of amides is 2. The Balaban J connectivity index is 1.95. The maximum absolute atomic E-state index is 12.1. The van der Waals surface area contributed by atoms with Crippen molar-refractivity contribution in [3.05, 3.63) is 59.7 Å². The van der Waals surface area contributed by atoms with Crippen LogP contribution in [-0.2, 0) is 14.3 Å². The summed E-state index contributed by atoms with van der Waals surface area (Å²) in [6, 6.07) is 14.9. The van der Waals surface area contributed by atoms with E-state index in [-0.39, 0.29) is 19.8 Å². The first-order valence-corrected chi connectivity index (χ1v) is 9.78. The zero-order chi connectivity index (χ0) is 19.6. The fourth-order valence-electron chi connectivity index (χ4n) is 2.40. The highest BCUT2D eigenvalue weighted by molar-refractivity contribution is 7.98. The average molecular weight is 388 g/mol. The Morgan fingerprint density at radius 3 is 2.56 bits per heavy atom. The molecule has 0 unspecified atom stereocenters. The van der Waals surface area contributed by atoms with E-state index in [0.29, 0.717) is 5.69 Å². The van der Waals surface area contributed by atoms with Crippen LogP contribution >= 0.6 is 11.8 Å². The van der Waals surface area contributed by atoms with Gasteiger partial charge in [-0.25, -0.2) is 0 Å². The minimum absolute atomic E-state index is 0.122. The lowest BCUT2D eigenvalue weighted by atomic mass is 10.1. The summed E-state index contributed by atoms with van der Waals surface area (Å²) >= 11 is 1.55. The van der Waals surface area contributed by atoms with Gasteiger partial charge in [0.1, 0.15) is 0 Å². The molecule has 1 atom stereocenters. The molecule has 3 N–H and O–H groups in total. The van der Waals surface area contributed by atoms with E-state index in [4.69, 9.17) is 9.84 Å². The molecule has 0 aliphatic heterocycles. The van der Waals surface area contributed by atoms with Crippen molar-refractivity contribution in [3.8, 4) is 0 Å². The SMILES string of the molecule is CSc1cccc(NC(=O)C(=O)NC[C@@H](OCCO)c2ccc(C)cc2)c1. The van der Waals surface area contributed by atoms with Crippen molar-refractivity contribution < 1.29 is 19.4 Å².